The van der Waals surface area contributed by atoms with E-state index in [-0.39, 0.29) is 5.41 Å². The van der Waals surface area contributed by atoms with Crippen LogP contribution in [0.1, 0.15) is 52.9 Å². The quantitative estimate of drug-likeness (QED) is 0.628. The second-order valence-electron chi connectivity index (χ2n) is 8.24. The molecular formula is C20H26O. The summed E-state index contributed by atoms with van der Waals surface area (Å²) in [6.45, 7) is 11.3. The van der Waals surface area contributed by atoms with Gasteiger partial charge in [-0.05, 0) is 61.9 Å². The average Bonchev–Trinajstić information content (AvgIpc) is 2.45. The van der Waals surface area contributed by atoms with Gasteiger partial charge in [0.1, 0.15) is 0 Å². The number of allylic oxidation sites excluding steroid dienone is 5. The molecular weight excluding hydrogens is 256 g/mol. The smallest absolute Gasteiger partial charge is 0.155 e. The van der Waals surface area contributed by atoms with Crippen molar-refractivity contribution < 1.29 is 4.79 Å². The van der Waals surface area contributed by atoms with Crippen LogP contribution in [-0.2, 0) is 4.79 Å². The molecule has 0 aliphatic heterocycles. The number of carbonyl (C=O) groups is 1. The van der Waals surface area contributed by atoms with Crippen molar-refractivity contribution in [2.75, 3.05) is 0 Å². The van der Waals surface area contributed by atoms with Crippen LogP contribution in [0.25, 0.3) is 0 Å². The first-order chi connectivity index (χ1) is 9.88. The molecule has 2 bridgehead atoms. The lowest BCUT2D eigenvalue weighted by atomic mass is 9.39. The largest absolute Gasteiger partial charge is 0.295 e. The van der Waals surface area contributed by atoms with Gasteiger partial charge in [-0.15, -0.1) is 0 Å². The molecule has 0 saturated heterocycles. The van der Waals surface area contributed by atoms with E-state index in [2.05, 4.69) is 33.4 Å². The molecule has 5 aliphatic carbocycles. The van der Waals surface area contributed by atoms with E-state index in [0.29, 0.717) is 29.0 Å². The van der Waals surface area contributed by atoms with E-state index < -0.39 is 0 Å². The van der Waals surface area contributed by atoms with Crippen molar-refractivity contribution >= 4 is 5.78 Å². The first-order valence-electron chi connectivity index (χ1n) is 8.50. The fraction of sp³-hybridized carbons (Fsp3) is 0.650. The normalized spacial score (nSPS) is 47.6. The van der Waals surface area contributed by atoms with Crippen LogP contribution in [0, 0.1) is 28.6 Å². The molecule has 0 aromatic heterocycles. The predicted octanol–water partition coefficient (Wildman–Crippen LogP) is 4.85. The topological polar surface area (TPSA) is 17.1 Å². The molecule has 0 radical (unpaired) electrons. The minimum absolute atomic E-state index is 0.253. The summed E-state index contributed by atoms with van der Waals surface area (Å²) in [5.41, 5.74) is 5.06. The standard InChI is InChI=1S/C20H26O/c1-12(2)19(4)7-6-17-16(13(19)3)9-14-11-20(17)8-5-15(21)10-18(14)20/h6,10,13-14,16H,1,5,7-9,11H2,2-4H3. The SMILES string of the molecule is C=C(C)C1(C)CC=C2C(CC3CC24CCC(=O)C=C34)C1C. The molecule has 112 valence electrons. The van der Waals surface area contributed by atoms with E-state index in [4.69, 9.17) is 0 Å². The molecule has 0 aromatic rings. The Balaban J connectivity index is 1.78. The zero-order valence-corrected chi connectivity index (χ0v) is 13.5. The zero-order chi connectivity index (χ0) is 15.0. The van der Waals surface area contributed by atoms with Crippen molar-refractivity contribution in [3.05, 3.63) is 35.5 Å². The Morgan fingerprint density at radius 1 is 1.38 bits per heavy atom. The third kappa shape index (κ3) is 1.50. The Morgan fingerprint density at radius 2 is 2.14 bits per heavy atom. The van der Waals surface area contributed by atoms with E-state index in [9.17, 15) is 4.79 Å². The molecule has 0 aromatic carbocycles. The molecule has 3 saturated carbocycles. The molecule has 21 heavy (non-hydrogen) atoms. The summed E-state index contributed by atoms with van der Waals surface area (Å²) in [6.07, 6.45) is 10.1. The number of ketones is 1. The van der Waals surface area contributed by atoms with Crippen LogP contribution in [-0.4, -0.2) is 5.78 Å². The van der Waals surface area contributed by atoms with Gasteiger partial charge in [-0.2, -0.15) is 0 Å². The maximum atomic E-state index is 11.8. The first-order valence-corrected chi connectivity index (χ1v) is 8.50. The summed E-state index contributed by atoms with van der Waals surface area (Å²) in [6, 6.07) is 0. The van der Waals surface area contributed by atoms with Crippen molar-refractivity contribution in [1.82, 2.24) is 0 Å². The van der Waals surface area contributed by atoms with Crippen LogP contribution in [0.4, 0.5) is 0 Å². The highest BCUT2D eigenvalue weighted by Gasteiger charge is 2.61. The van der Waals surface area contributed by atoms with Crippen molar-refractivity contribution in [1.29, 1.82) is 0 Å². The maximum absolute atomic E-state index is 11.8. The van der Waals surface area contributed by atoms with Crippen LogP contribution in [0.15, 0.2) is 35.5 Å². The Labute approximate surface area is 128 Å². The van der Waals surface area contributed by atoms with Gasteiger partial charge in [0.05, 0.1) is 0 Å². The second-order valence-corrected chi connectivity index (χ2v) is 8.24. The lowest BCUT2D eigenvalue weighted by Crippen LogP contribution is -2.55. The summed E-state index contributed by atoms with van der Waals surface area (Å²) in [5.74, 6) is 2.43. The molecule has 5 unspecified atom stereocenters. The molecule has 0 amide bonds. The number of rotatable bonds is 1. The van der Waals surface area contributed by atoms with Gasteiger partial charge in [-0.1, -0.05) is 43.2 Å². The zero-order valence-electron chi connectivity index (χ0n) is 13.5. The molecule has 5 rings (SSSR count). The van der Waals surface area contributed by atoms with Gasteiger partial charge in [0.25, 0.3) is 0 Å². The van der Waals surface area contributed by atoms with E-state index in [0.717, 1.165) is 19.3 Å². The van der Waals surface area contributed by atoms with Gasteiger partial charge in [0, 0.05) is 11.8 Å². The third-order valence-corrected chi connectivity index (χ3v) is 7.52. The molecule has 0 N–H and O–H groups in total. The van der Waals surface area contributed by atoms with Gasteiger partial charge >= 0.3 is 0 Å². The number of hydrogen-bond donors (Lipinski definition) is 0. The Kier molecular flexibility index (Phi) is 2.58. The Morgan fingerprint density at radius 3 is 2.86 bits per heavy atom. The fourth-order valence-corrected chi connectivity index (χ4v) is 5.76. The molecule has 1 spiro atoms. The monoisotopic (exact) mass is 282 g/mol. The molecule has 3 fully saturated rings. The molecule has 0 heterocycles. The molecule has 1 heteroatoms. The summed E-state index contributed by atoms with van der Waals surface area (Å²) in [7, 11) is 0. The van der Waals surface area contributed by atoms with Gasteiger partial charge < -0.3 is 0 Å². The molecule has 5 atom stereocenters. The summed E-state index contributed by atoms with van der Waals surface area (Å²) in [4.78, 5) is 11.8. The minimum atomic E-state index is 0.253. The van der Waals surface area contributed by atoms with E-state index in [1.165, 1.54) is 24.0 Å². The lowest BCUT2D eigenvalue weighted by Gasteiger charge is -2.64. The summed E-state index contributed by atoms with van der Waals surface area (Å²) in [5, 5.41) is 0. The van der Waals surface area contributed by atoms with Gasteiger partial charge in [-0.3, -0.25) is 4.79 Å². The van der Waals surface area contributed by atoms with E-state index in [1.807, 2.05) is 6.08 Å². The molecule has 1 nitrogen and oxygen atoms in total. The van der Waals surface area contributed by atoms with E-state index in [1.54, 1.807) is 5.57 Å². The second kappa shape index (κ2) is 4.00. The highest BCUT2D eigenvalue weighted by atomic mass is 16.1. The van der Waals surface area contributed by atoms with Crippen molar-refractivity contribution in [3.63, 3.8) is 0 Å². The van der Waals surface area contributed by atoms with E-state index >= 15 is 0 Å². The number of hydrogen-bond acceptors (Lipinski definition) is 1. The van der Waals surface area contributed by atoms with Crippen LogP contribution in [0.2, 0.25) is 0 Å². The van der Waals surface area contributed by atoms with Crippen molar-refractivity contribution in [2.24, 2.45) is 28.6 Å². The minimum Gasteiger partial charge on any atom is -0.295 e. The van der Waals surface area contributed by atoms with Gasteiger partial charge in [-0.25, -0.2) is 0 Å². The van der Waals surface area contributed by atoms with Crippen LogP contribution in [0.5, 0.6) is 0 Å². The number of carbonyl (C=O) groups excluding carboxylic acids is 1. The summed E-state index contributed by atoms with van der Waals surface area (Å²) >= 11 is 0. The predicted molar refractivity (Wildman–Crippen MR) is 85.8 cm³/mol. The molecule has 5 aliphatic rings. The first kappa shape index (κ1) is 13.5. The highest BCUT2D eigenvalue weighted by Crippen LogP contribution is 2.70. The lowest BCUT2D eigenvalue weighted by molar-refractivity contribution is -0.116. The van der Waals surface area contributed by atoms with Crippen molar-refractivity contribution in [3.8, 4) is 0 Å². The average molecular weight is 282 g/mol. The fourth-order valence-electron chi connectivity index (χ4n) is 5.76. The van der Waals surface area contributed by atoms with Gasteiger partial charge in [0.2, 0.25) is 0 Å². The maximum Gasteiger partial charge on any atom is 0.155 e. The van der Waals surface area contributed by atoms with Crippen LogP contribution in [0.3, 0.4) is 0 Å². The highest BCUT2D eigenvalue weighted by molar-refractivity contribution is 5.92. The summed E-state index contributed by atoms with van der Waals surface area (Å²) < 4.78 is 0. The third-order valence-electron chi connectivity index (χ3n) is 7.52. The Hall–Kier alpha value is -1.11. The van der Waals surface area contributed by atoms with Gasteiger partial charge in [0.15, 0.2) is 5.78 Å². The van der Waals surface area contributed by atoms with Crippen LogP contribution >= 0.6 is 0 Å². The Bertz CT molecular complexity index is 607. The van der Waals surface area contributed by atoms with Crippen molar-refractivity contribution in [2.45, 2.75) is 52.9 Å². The van der Waals surface area contributed by atoms with Crippen LogP contribution < -0.4 is 0 Å².